The van der Waals surface area contributed by atoms with Gasteiger partial charge in [0, 0.05) is 13.1 Å². The van der Waals surface area contributed by atoms with Crippen LogP contribution in [0.4, 0.5) is 4.79 Å². The number of benzene rings is 1. The zero-order chi connectivity index (χ0) is 16.6. The molecule has 3 rings (SSSR count). The fraction of sp³-hybridized carbons (Fsp3) is 0.529. The number of fused-ring (bicyclic) bond motifs is 1. The van der Waals surface area contributed by atoms with Crippen LogP contribution in [0.25, 0.3) is 11.0 Å². The van der Waals surface area contributed by atoms with E-state index in [4.69, 9.17) is 4.74 Å². The molecule has 1 amide bonds. The third-order valence-corrected chi connectivity index (χ3v) is 4.04. The van der Waals surface area contributed by atoms with E-state index < -0.39 is 5.60 Å². The number of hydrogen-bond acceptors (Lipinski definition) is 3. The van der Waals surface area contributed by atoms with Gasteiger partial charge >= 0.3 is 11.8 Å². The summed E-state index contributed by atoms with van der Waals surface area (Å²) in [5.74, 6) is 0. The SMILES string of the molecule is CC(C)(C)OC(=O)N1CCC[C@H](n2c(=O)[nH]c3ccccc32)C1. The van der Waals surface area contributed by atoms with E-state index in [0.29, 0.717) is 13.1 Å². The van der Waals surface area contributed by atoms with E-state index in [1.807, 2.05) is 45.0 Å². The molecule has 0 spiro atoms. The van der Waals surface area contributed by atoms with Crippen LogP contribution in [0.2, 0.25) is 0 Å². The van der Waals surface area contributed by atoms with Crippen molar-refractivity contribution in [1.29, 1.82) is 0 Å². The van der Waals surface area contributed by atoms with E-state index in [9.17, 15) is 9.59 Å². The van der Waals surface area contributed by atoms with Gasteiger partial charge in [0.15, 0.2) is 0 Å². The lowest BCUT2D eigenvalue weighted by Crippen LogP contribution is -2.44. The molecule has 1 N–H and O–H groups in total. The highest BCUT2D eigenvalue weighted by Gasteiger charge is 2.29. The van der Waals surface area contributed by atoms with Crippen molar-refractivity contribution in [2.24, 2.45) is 0 Å². The highest BCUT2D eigenvalue weighted by molar-refractivity contribution is 5.75. The van der Waals surface area contributed by atoms with Crippen LogP contribution in [-0.4, -0.2) is 39.2 Å². The number of carbonyl (C=O) groups is 1. The predicted octanol–water partition coefficient (Wildman–Crippen LogP) is 2.90. The Morgan fingerprint density at radius 3 is 2.78 bits per heavy atom. The zero-order valence-corrected chi connectivity index (χ0v) is 13.8. The average molecular weight is 317 g/mol. The molecule has 124 valence electrons. The summed E-state index contributed by atoms with van der Waals surface area (Å²) in [7, 11) is 0. The second-order valence-electron chi connectivity index (χ2n) is 7.04. The van der Waals surface area contributed by atoms with E-state index in [0.717, 1.165) is 23.9 Å². The van der Waals surface area contributed by atoms with Gasteiger partial charge in [0.2, 0.25) is 0 Å². The number of para-hydroxylation sites is 2. The number of amides is 1. The third kappa shape index (κ3) is 3.25. The molecule has 0 unspecified atom stereocenters. The Labute approximate surface area is 135 Å². The highest BCUT2D eigenvalue weighted by Crippen LogP contribution is 2.25. The molecule has 6 heteroatoms. The van der Waals surface area contributed by atoms with Crippen molar-refractivity contribution in [2.75, 3.05) is 13.1 Å². The van der Waals surface area contributed by atoms with Gasteiger partial charge < -0.3 is 14.6 Å². The van der Waals surface area contributed by atoms with Crippen LogP contribution in [0.3, 0.4) is 0 Å². The van der Waals surface area contributed by atoms with Gasteiger partial charge in [0.25, 0.3) is 0 Å². The molecule has 0 radical (unpaired) electrons. The Hall–Kier alpha value is -2.24. The first kappa shape index (κ1) is 15.6. The lowest BCUT2D eigenvalue weighted by molar-refractivity contribution is 0.0173. The van der Waals surface area contributed by atoms with Crippen molar-refractivity contribution in [1.82, 2.24) is 14.5 Å². The van der Waals surface area contributed by atoms with Crippen molar-refractivity contribution >= 4 is 17.1 Å². The van der Waals surface area contributed by atoms with Crippen molar-refractivity contribution in [3.05, 3.63) is 34.7 Å². The smallest absolute Gasteiger partial charge is 0.410 e. The van der Waals surface area contributed by atoms with Gasteiger partial charge in [-0.25, -0.2) is 9.59 Å². The summed E-state index contributed by atoms with van der Waals surface area (Å²) in [6, 6.07) is 7.61. The number of hydrogen-bond donors (Lipinski definition) is 1. The first-order chi connectivity index (χ1) is 10.8. The molecule has 0 bridgehead atoms. The minimum atomic E-state index is -0.512. The summed E-state index contributed by atoms with van der Waals surface area (Å²) in [4.78, 5) is 29.2. The van der Waals surface area contributed by atoms with E-state index >= 15 is 0 Å². The minimum Gasteiger partial charge on any atom is -0.444 e. The molecule has 1 saturated heterocycles. The quantitative estimate of drug-likeness (QED) is 0.879. The van der Waals surface area contributed by atoms with Gasteiger partial charge in [-0.15, -0.1) is 0 Å². The molecular weight excluding hydrogens is 294 g/mol. The van der Waals surface area contributed by atoms with Crippen LogP contribution in [-0.2, 0) is 4.74 Å². The topological polar surface area (TPSA) is 67.3 Å². The van der Waals surface area contributed by atoms with Gasteiger partial charge in [-0.1, -0.05) is 12.1 Å². The molecule has 1 aromatic carbocycles. The van der Waals surface area contributed by atoms with Crippen molar-refractivity contribution in [2.45, 2.75) is 45.3 Å². The number of piperidine rings is 1. The molecular formula is C17H23N3O3. The van der Waals surface area contributed by atoms with E-state index in [-0.39, 0.29) is 17.8 Å². The molecule has 23 heavy (non-hydrogen) atoms. The highest BCUT2D eigenvalue weighted by atomic mass is 16.6. The Kier molecular flexibility index (Phi) is 3.92. The second kappa shape index (κ2) is 5.76. The van der Waals surface area contributed by atoms with Crippen LogP contribution < -0.4 is 5.69 Å². The first-order valence-corrected chi connectivity index (χ1v) is 8.02. The number of likely N-dealkylation sites (tertiary alicyclic amines) is 1. The Bertz CT molecular complexity index is 769. The lowest BCUT2D eigenvalue weighted by Gasteiger charge is -2.34. The first-order valence-electron chi connectivity index (χ1n) is 8.02. The number of aromatic amines is 1. The standard InChI is InChI=1S/C17H23N3O3/c1-17(2,3)23-16(22)19-10-6-7-12(11-19)20-14-9-5-4-8-13(14)18-15(20)21/h4-5,8-9,12H,6-7,10-11H2,1-3H3,(H,18,21)/t12-/m0/s1. The van der Waals surface area contributed by atoms with Gasteiger partial charge in [0.05, 0.1) is 17.1 Å². The molecule has 2 aromatic rings. The van der Waals surface area contributed by atoms with Crippen LogP contribution in [0.1, 0.15) is 39.7 Å². The molecule has 6 nitrogen and oxygen atoms in total. The van der Waals surface area contributed by atoms with Gasteiger partial charge in [0.1, 0.15) is 5.60 Å². The summed E-state index contributed by atoms with van der Waals surface area (Å²) < 4.78 is 7.22. The number of nitrogens with zero attached hydrogens (tertiary/aromatic N) is 2. The fourth-order valence-corrected chi connectivity index (χ4v) is 3.09. The molecule has 1 fully saturated rings. The Balaban J connectivity index is 1.85. The van der Waals surface area contributed by atoms with E-state index in [2.05, 4.69) is 4.98 Å². The molecule has 0 saturated carbocycles. The van der Waals surface area contributed by atoms with Crippen molar-refractivity contribution in [3.63, 3.8) is 0 Å². The molecule has 2 heterocycles. The minimum absolute atomic E-state index is 0.0279. The molecule has 1 atom stereocenters. The summed E-state index contributed by atoms with van der Waals surface area (Å²) in [5.41, 5.74) is 1.07. The number of H-pyrrole nitrogens is 1. The molecule has 1 aromatic heterocycles. The van der Waals surface area contributed by atoms with Crippen LogP contribution in [0, 0.1) is 0 Å². The summed E-state index contributed by atoms with van der Waals surface area (Å²) in [6.45, 7) is 6.74. The maximum atomic E-state index is 12.3. The Morgan fingerprint density at radius 1 is 1.30 bits per heavy atom. The Morgan fingerprint density at radius 2 is 2.04 bits per heavy atom. The number of carbonyl (C=O) groups excluding carboxylic acids is 1. The normalized spacial score (nSPS) is 19.1. The molecule has 1 aliphatic heterocycles. The summed E-state index contributed by atoms with van der Waals surface area (Å²) >= 11 is 0. The summed E-state index contributed by atoms with van der Waals surface area (Å²) in [6.07, 6.45) is 1.42. The average Bonchev–Trinajstić information content (AvgIpc) is 2.81. The number of aromatic nitrogens is 2. The van der Waals surface area contributed by atoms with Crippen LogP contribution >= 0.6 is 0 Å². The predicted molar refractivity (Wildman–Crippen MR) is 88.6 cm³/mol. The fourth-order valence-electron chi connectivity index (χ4n) is 3.09. The second-order valence-corrected chi connectivity index (χ2v) is 7.04. The molecule has 0 aliphatic carbocycles. The van der Waals surface area contributed by atoms with Crippen molar-refractivity contribution < 1.29 is 9.53 Å². The third-order valence-electron chi connectivity index (χ3n) is 4.04. The van der Waals surface area contributed by atoms with Crippen LogP contribution in [0.15, 0.2) is 29.1 Å². The zero-order valence-electron chi connectivity index (χ0n) is 13.8. The van der Waals surface area contributed by atoms with Gasteiger partial charge in [-0.2, -0.15) is 0 Å². The van der Waals surface area contributed by atoms with Crippen molar-refractivity contribution in [3.8, 4) is 0 Å². The van der Waals surface area contributed by atoms with E-state index in [1.54, 1.807) is 9.47 Å². The maximum absolute atomic E-state index is 12.3. The monoisotopic (exact) mass is 317 g/mol. The number of rotatable bonds is 1. The lowest BCUT2D eigenvalue weighted by atomic mass is 10.1. The van der Waals surface area contributed by atoms with Gasteiger partial charge in [-0.3, -0.25) is 4.57 Å². The van der Waals surface area contributed by atoms with Gasteiger partial charge in [-0.05, 0) is 45.7 Å². The number of nitrogens with one attached hydrogen (secondary N) is 1. The summed E-state index contributed by atoms with van der Waals surface area (Å²) in [5, 5.41) is 0. The number of imidazole rings is 1. The van der Waals surface area contributed by atoms with E-state index in [1.165, 1.54) is 0 Å². The molecule has 1 aliphatic rings. The number of ether oxygens (including phenoxy) is 1. The maximum Gasteiger partial charge on any atom is 0.410 e. The largest absolute Gasteiger partial charge is 0.444 e. The van der Waals surface area contributed by atoms with Crippen LogP contribution in [0.5, 0.6) is 0 Å².